The Morgan fingerprint density at radius 3 is 2.53 bits per heavy atom. The van der Waals surface area contributed by atoms with Gasteiger partial charge in [-0.1, -0.05) is 59.3 Å². The second-order valence-corrected chi connectivity index (χ2v) is 6.41. The molecule has 1 aromatic rings. The van der Waals surface area contributed by atoms with Gasteiger partial charge in [-0.05, 0) is 25.0 Å². The van der Waals surface area contributed by atoms with Crippen LogP contribution in [0, 0.1) is 11.3 Å². The molecule has 0 amide bonds. The van der Waals surface area contributed by atoms with Gasteiger partial charge in [-0.3, -0.25) is 5.32 Å². The molecule has 0 heterocycles. The van der Waals surface area contributed by atoms with Crippen LogP contribution >= 0.6 is 27.5 Å². The Hall–Kier alpha value is -0.560. The van der Waals surface area contributed by atoms with Crippen LogP contribution in [-0.4, -0.2) is 6.04 Å². The summed E-state index contributed by atoms with van der Waals surface area (Å²) in [6.45, 7) is 0. The van der Waals surface area contributed by atoms with E-state index in [4.69, 9.17) is 11.6 Å². The summed E-state index contributed by atoms with van der Waals surface area (Å²) >= 11 is 9.62. The summed E-state index contributed by atoms with van der Waals surface area (Å²) in [6.07, 6.45) is 7.45. The van der Waals surface area contributed by atoms with Gasteiger partial charge in [-0.25, -0.2) is 0 Å². The summed E-state index contributed by atoms with van der Waals surface area (Å²) in [5.74, 6) is 0. The molecule has 0 radical (unpaired) electrons. The number of rotatable bonds is 3. The summed E-state index contributed by atoms with van der Waals surface area (Å²) in [6, 6.07) is 8.15. The first-order valence-corrected chi connectivity index (χ1v) is 7.98. The summed E-state index contributed by atoms with van der Waals surface area (Å²) in [7, 11) is 0. The minimum Gasteiger partial charge on any atom is -0.295 e. The van der Waals surface area contributed by atoms with Crippen molar-refractivity contribution in [1.29, 1.82) is 5.26 Å². The lowest BCUT2D eigenvalue weighted by Crippen LogP contribution is -2.32. The number of nitrogens with zero attached hydrogens (tertiary/aromatic N) is 1. The highest BCUT2D eigenvalue weighted by Crippen LogP contribution is 2.28. The van der Waals surface area contributed by atoms with Crippen molar-refractivity contribution in [3.63, 3.8) is 0 Å². The molecule has 1 N–H and O–H groups in total. The Bertz CT molecular complexity index is 462. The van der Waals surface area contributed by atoms with Crippen molar-refractivity contribution >= 4 is 27.5 Å². The first-order chi connectivity index (χ1) is 9.20. The lowest BCUT2D eigenvalue weighted by molar-refractivity contribution is 0.436. The normalized spacial score (nSPS) is 18.6. The molecule has 0 saturated heterocycles. The number of halogens is 2. The van der Waals surface area contributed by atoms with Crippen LogP contribution in [0.2, 0.25) is 5.02 Å². The summed E-state index contributed by atoms with van der Waals surface area (Å²) in [5, 5.41) is 13.5. The molecule has 2 rings (SSSR count). The molecule has 1 saturated carbocycles. The minimum absolute atomic E-state index is 0.316. The molecule has 1 unspecified atom stereocenters. The zero-order valence-electron chi connectivity index (χ0n) is 10.8. The van der Waals surface area contributed by atoms with Crippen LogP contribution < -0.4 is 5.32 Å². The van der Waals surface area contributed by atoms with E-state index in [0.717, 1.165) is 22.9 Å². The predicted octanol–water partition coefficient (Wildman–Crippen LogP) is 4.98. The van der Waals surface area contributed by atoms with E-state index in [-0.39, 0.29) is 6.04 Å². The summed E-state index contributed by atoms with van der Waals surface area (Å²) < 4.78 is 0.937. The van der Waals surface area contributed by atoms with Crippen molar-refractivity contribution in [2.24, 2.45) is 0 Å². The van der Waals surface area contributed by atoms with E-state index in [1.807, 2.05) is 18.2 Å². The standard InChI is InChI=1S/C15H18BrClN2/c16-11-7-8-13(14(17)9-11)15(10-18)19-12-5-3-1-2-4-6-12/h7-9,12,15,19H,1-6H2. The first kappa shape index (κ1) is 14.8. The number of nitriles is 1. The van der Waals surface area contributed by atoms with E-state index < -0.39 is 0 Å². The van der Waals surface area contributed by atoms with E-state index in [2.05, 4.69) is 27.3 Å². The van der Waals surface area contributed by atoms with Crippen LogP contribution in [0.4, 0.5) is 0 Å². The fourth-order valence-corrected chi connectivity index (χ4v) is 3.40. The van der Waals surface area contributed by atoms with Crippen molar-refractivity contribution in [3.05, 3.63) is 33.3 Å². The van der Waals surface area contributed by atoms with Gasteiger partial charge < -0.3 is 0 Å². The molecule has 4 heteroatoms. The lowest BCUT2D eigenvalue weighted by atomic mass is 10.0. The molecule has 1 fully saturated rings. The molecule has 19 heavy (non-hydrogen) atoms. The van der Waals surface area contributed by atoms with E-state index in [0.29, 0.717) is 11.1 Å². The molecule has 1 aromatic carbocycles. The number of nitrogens with one attached hydrogen (secondary N) is 1. The van der Waals surface area contributed by atoms with Crippen molar-refractivity contribution in [1.82, 2.24) is 5.32 Å². The molecule has 1 atom stereocenters. The van der Waals surface area contributed by atoms with E-state index in [1.165, 1.54) is 25.7 Å². The van der Waals surface area contributed by atoms with Gasteiger partial charge in [0.25, 0.3) is 0 Å². The molecule has 0 aliphatic heterocycles. The second-order valence-electron chi connectivity index (χ2n) is 5.08. The minimum atomic E-state index is -0.316. The lowest BCUT2D eigenvalue weighted by Gasteiger charge is -2.21. The maximum atomic E-state index is 9.39. The highest BCUT2D eigenvalue weighted by atomic mass is 79.9. The molecular weight excluding hydrogens is 324 g/mol. The average molecular weight is 342 g/mol. The third-order valence-electron chi connectivity index (χ3n) is 3.66. The maximum absolute atomic E-state index is 9.39. The average Bonchev–Trinajstić information content (AvgIpc) is 2.65. The Morgan fingerprint density at radius 2 is 1.95 bits per heavy atom. The molecule has 0 spiro atoms. The monoisotopic (exact) mass is 340 g/mol. The molecular formula is C15H18BrClN2. The van der Waals surface area contributed by atoms with Crippen molar-refractivity contribution in [2.75, 3.05) is 0 Å². The second kappa shape index (κ2) is 7.28. The highest BCUT2D eigenvalue weighted by Gasteiger charge is 2.19. The maximum Gasteiger partial charge on any atom is 0.123 e. The van der Waals surface area contributed by atoms with E-state index >= 15 is 0 Å². The first-order valence-electron chi connectivity index (χ1n) is 6.81. The van der Waals surface area contributed by atoms with E-state index in [1.54, 1.807) is 0 Å². The van der Waals surface area contributed by atoms with Gasteiger partial charge in [-0.2, -0.15) is 5.26 Å². The third kappa shape index (κ3) is 4.21. The van der Waals surface area contributed by atoms with Gasteiger partial charge in [0.2, 0.25) is 0 Å². The zero-order valence-corrected chi connectivity index (χ0v) is 13.2. The van der Waals surface area contributed by atoms with Gasteiger partial charge in [0, 0.05) is 21.1 Å². The summed E-state index contributed by atoms with van der Waals surface area (Å²) in [5.41, 5.74) is 0.872. The van der Waals surface area contributed by atoms with Crippen LogP contribution in [0.25, 0.3) is 0 Å². The summed E-state index contributed by atoms with van der Waals surface area (Å²) in [4.78, 5) is 0. The van der Waals surface area contributed by atoms with Gasteiger partial charge >= 0.3 is 0 Å². The Balaban J connectivity index is 2.09. The predicted molar refractivity (Wildman–Crippen MR) is 82.1 cm³/mol. The number of hydrogen-bond acceptors (Lipinski definition) is 2. The molecule has 102 valence electrons. The van der Waals surface area contributed by atoms with Crippen LogP contribution in [-0.2, 0) is 0 Å². The van der Waals surface area contributed by atoms with Crippen LogP contribution in [0.5, 0.6) is 0 Å². The third-order valence-corrected chi connectivity index (χ3v) is 4.48. The number of benzene rings is 1. The van der Waals surface area contributed by atoms with Gasteiger partial charge in [0.05, 0.1) is 6.07 Å². The molecule has 1 aliphatic rings. The smallest absolute Gasteiger partial charge is 0.123 e. The zero-order chi connectivity index (χ0) is 13.7. The Morgan fingerprint density at radius 1 is 1.26 bits per heavy atom. The van der Waals surface area contributed by atoms with Crippen LogP contribution in [0.3, 0.4) is 0 Å². The molecule has 0 aromatic heterocycles. The molecule has 1 aliphatic carbocycles. The van der Waals surface area contributed by atoms with Crippen LogP contribution in [0.1, 0.15) is 50.1 Å². The largest absolute Gasteiger partial charge is 0.295 e. The fraction of sp³-hybridized carbons (Fsp3) is 0.533. The van der Waals surface area contributed by atoms with Crippen molar-refractivity contribution < 1.29 is 0 Å². The van der Waals surface area contributed by atoms with Crippen LogP contribution in [0.15, 0.2) is 22.7 Å². The molecule has 2 nitrogen and oxygen atoms in total. The van der Waals surface area contributed by atoms with Gasteiger partial charge in [0.1, 0.15) is 6.04 Å². The van der Waals surface area contributed by atoms with E-state index in [9.17, 15) is 5.26 Å². The van der Waals surface area contributed by atoms with Gasteiger partial charge in [0.15, 0.2) is 0 Å². The van der Waals surface area contributed by atoms with Gasteiger partial charge in [-0.15, -0.1) is 0 Å². The van der Waals surface area contributed by atoms with Crippen molar-refractivity contribution in [2.45, 2.75) is 50.6 Å². The SMILES string of the molecule is N#CC(NC1CCCCCC1)c1ccc(Br)cc1Cl. The fourth-order valence-electron chi connectivity index (χ4n) is 2.61. The topological polar surface area (TPSA) is 35.8 Å². The quantitative estimate of drug-likeness (QED) is 0.787. The Kier molecular flexibility index (Phi) is 5.69. The molecule has 0 bridgehead atoms. The van der Waals surface area contributed by atoms with Crippen molar-refractivity contribution in [3.8, 4) is 6.07 Å². The number of hydrogen-bond donors (Lipinski definition) is 1. The Labute approximate surface area is 128 Å². The highest BCUT2D eigenvalue weighted by molar-refractivity contribution is 9.10.